The topological polar surface area (TPSA) is 50.8 Å². The number of nitrogens with zero attached hydrogens (tertiary/aromatic N) is 1. The van der Waals surface area contributed by atoms with Crippen molar-refractivity contribution in [2.75, 3.05) is 26.3 Å². The van der Waals surface area contributed by atoms with Gasteiger partial charge in [0.05, 0.1) is 25.8 Å². The van der Waals surface area contributed by atoms with Crippen molar-refractivity contribution in [3.63, 3.8) is 0 Å². The SMILES string of the molecule is C[C@H](NC(=O)CN1CCC[C@@H]1c1ccc2c(c1)OCCCO2)c1ccccc1. The van der Waals surface area contributed by atoms with Gasteiger partial charge in [0.2, 0.25) is 5.91 Å². The van der Waals surface area contributed by atoms with E-state index in [0.29, 0.717) is 19.8 Å². The molecule has 28 heavy (non-hydrogen) atoms. The molecule has 0 radical (unpaired) electrons. The molecule has 0 saturated carbocycles. The van der Waals surface area contributed by atoms with Gasteiger partial charge in [-0.2, -0.15) is 0 Å². The van der Waals surface area contributed by atoms with E-state index < -0.39 is 0 Å². The van der Waals surface area contributed by atoms with Gasteiger partial charge in [-0.25, -0.2) is 0 Å². The van der Waals surface area contributed by atoms with Gasteiger partial charge < -0.3 is 14.8 Å². The summed E-state index contributed by atoms with van der Waals surface area (Å²) in [6.45, 7) is 4.76. The van der Waals surface area contributed by atoms with Gasteiger partial charge in [-0.05, 0) is 49.6 Å². The second kappa shape index (κ2) is 8.65. The second-order valence-electron chi connectivity index (χ2n) is 7.59. The molecule has 4 rings (SSSR count). The molecule has 0 aliphatic carbocycles. The summed E-state index contributed by atoms with van der Waals surface area (Å²) >= 11 is 0. The van der Waals surface area contributed by atoms with Crippen molar-refractivity contribution < 1.29 is 14.3 Å². The number of carbonyl (C=O) groups excluding carboxylic acids is 1. The van der Waals surface area contributed by atoms with Gasteiger partial charge >= 0.3 is 0 Å². The van der Waals surface area contributed by atoms with Crippen molar-refractivity contribution in [1.29, 1.82) is 0 Å². The third-order valence-electron chi connectivity index (χ3n) is 5.54. The molecule has 1 saturated heterocycles. The molecule has 2 atom stereocenters. The molecule has 2 aliphatic rings. The Hall–Kier alpha value is -2.53. The first kappa shape index (κ1) is 18.8. The van der Waals surface area contributed by atoms with E-state index in [1.54, 1.807) is 0 Å². The van der Waals surface area contributed by atoms with Crippen LogP contribution in [0.15, 0.2) is 48.5 Å². The van der Waals surface area contributed by atoms with Crippen LogP contribution in [0.5, 0.6) is 11.5 Å². The summed E-state index contributed by atoms with van der Waals surface area (Å²) in [4.78, 5) is 14.9. The maximum absolute atomic E-state index is 12.6. The molecule has 1 fully saturated rings. The van der Waals surface area contributed by atoms with Gasteiger partial charge in [0.1, 0.15) is 0 Å². The smallest absolute Gasteiger partial charge is 0.234 e. The lowest BCUT2D eigenvalue weighted by molar-refractivity contribution is -0.123. The minimum absolute atomic E-state index is 0.00722. The highest BCUT2D eigenvalue weighted by atomic mass is 16.5. The highest BCUT2D eigenvalue weighted by Crippen LogP contribution is 2.37. The summed E-state index contributed by atoms with van der Waals surface area (Å²) in [7, 11) is 0. The fourth-order valence-electron chi connectivity index (χ4n) is 4.08. The Bertz CT molecular complexity index is 809. The molecule has 2 aromatic rings. The van der Waals surface area contributed by atoms with Crippen molar-refractivity contribution in [2.24, 2.45) is 0 Å². The largest absolute Gasteiger partial charge is 0.490 e. The van der Waals surface area contributed by atoms with Crippen LogP contribution < -0.4 is 14.8 Å². The Balaban J connectivity index is 1.41. The molecule has 2 aliphatic heterocycles. The zero-order valence-electron chi connectivity index (χ0n) is 16.4. The van der Waals surface area contributed by atoms with Gasteiger partial charge in [-0.1, -0.05) is 36.4 Å². The fourth-order valence-corrected chi connectivity index (χ4v) is 4.08. The summed E-state index contributed by atoms with van der Waals surface area (Å²) in [6.07, 6.45) is 3.06. The van der Waals surface area contributed by atoms with Crippen LogP contribution in [-0.4, -0.2) is 37.1 Å². The molecule has 1 amide bonds. The van der Waals surface area contributed by atoms with Gasteiger partial charge in [0.15, 0.2) is 11.5 Å². The molecule has 148 valence electrons. The number of amides is 1. The quantitative estimate of drug-likeness (QED) is 0.856. The third kappa shape index (κ3) is 4.30. The molecule has 0 spiro atoms. The van der Waals surface area contributed by atoms with Crippen LogP contribution in [0.2, 0.25) is 0 Å². The Morgan fingerprint density at radius 1 is 1.11 bits per heavy atom. The number of likely N-dealkylation sites (tertiary alicyclic amines) is 1. The predicted molar refractivity (Wildman–Crippen MR) is 109 cm³/mol. The van der Waals surface area contributed by atoms with E-state index >= 15 is 0 Å². The average molecular weight is 380 g/mol. The molecule has 0 unspecified atom stereocenters. The van der Waals surface area contributed by atoms with Gasteiger partial charge in [0, 0.05) is 12.5 Å². The first-order valence-electron chi connectivity index (χ1n) is 10.2. The number of rotatable bonds is 5. The number of benzene rings is 2. The number of carbonyl (C=O) groups is 1. The van der Waals surface area contributed by atoms with E-state index in [2.05, 4.69) is 22.3 Å². The molecule has 5 nitrogen and oxygen atoms in total. The predicted octanol–water partition coefficient (Wildman–Crippen LogP) is 3.86. The zero-order chi connectivity index (χ0) is 19.3. The lowest BCUT2D eigenvalue weighted by atomic mass is 10.0. The van der Waals surface area contributed by atoms with Crippen molar-refractivity contribution in [2.45, 2.75) is 38.3 Å². The first-order chi connectivity index (χ1) is 13.7. The fraction of sp³-hybridized carbons (Fsp3) is 0.435. The average Bonchev–Trinajstić information content (AvgIpc) is 3.03. The zero-order valence-corrected chi connectivity index (χ0v) is 16.4. The molecular weight excluding hydrogens is 352 g/mol. The van der Waals surface area contributed by atoms with Crippen LogP contribution in [0.3, 0.4) is 0 Å². The van der Waals surface area contributed by atoms with E-state index in [1.807, 2.05) is 43.3 Å². The van der Waals surface area contributed by atoms with Crippen LogP contribution in [-0.2, 0) is 4.79 Å². The number of ether oxygens (including phenoxy) is 2. The van der Waals surface area contributed by atoms with Crippen LogP contribution in [0.4, 0.5) is 0 Å². The van der Waals surface area contributed by atoms with Crippen molar-refractivity contribution in [3.05, 3.63) is 59.7 Å². The number of hydrogen-bond donors (Lipinski definition) is 1. The standard InChI is InChI=1S/C23H28N2O3/c1-17(18-7-3-2-4-8-18)24-23(26)16-25-12-5-9-20(25)19-10-11-21-22(15-19)28-14-6-13-27-21/h2-4,7-8,10-11,15,17,20H,5-6,9,12-14,16H2,1H3,(H,24,26)/t17-,20+/m0/s1. The first-order valence-corrected chi connectivity index (χ1v) is 10.2. The number of fused-ring (bicyclic) bond motifs is 1. The third-order valence-corrected chi connectivity index (χ3v) is 5.54. The number of hydrogen-bond acceptors (Lipinski definition) is 4. The summed E-state index contributed by atoms with van der Waals surface area (Å²) < 4.78 is 11.6. The maximum atomic E-state index is 12.6. The molecule has 5 heteroatoms. The normalized spacial score (nSPS) is 20.4. The maximum Gasteiger partial charge on any atom is 0.234 e. The molecule has 0 bridgehead atoms. The Labute approximate surface area is 166 Å². The van der Waals surface area contributed by atoms with Gasteiger partial charge in [-0.3, -0.25) is 9.69 Å². The van der Waals surface area contributed by atoms with Crippen LogP contribution >= 0.6 is 0 Å². The van der Waals surface area contributed by atoms with Crippen molar-refractivity contribution in [1.82, 2.24) is 10.2 Å². The van der Waals surface area contributed by atoms with E-state index in [4.69, 9.17) is 9.47 Å². The van der Waals surface area contributed by atoms with Crippen LogP contribution in [0, 0.1) is 0 Å². The van der Waals surface area contributed by atoms with E-state index in [1.165, 1.54) is 5.56 Å². The highest BCUT2D eigenvalue weighted by Gasteiger charge is 2.29. The molecule has 1 N–H and O–H groups in total. The lowest BCUT2D eigenvalue weighted by Gasteiger charge is -2.25. The molecule has 0 aromatic heterocycles. The molecular formula is C23H28N2O3. The highest BCUT2D eigenvalue weighted by molar-refractivity contribution is 5.78. The molecule has 2 heterocycles. The number of nitrogens with one attached hydrogen (secondary N) is 1. The van der Waals surface area contributed by atoms with E-state index in [-0.39, 0.29) is 18.0 Å². The summed E-state index contributed by atoms with van der Waals surface area (Å²) in [6, 6.07) is 16.5. The summed E-state index contributed by atoms with van der Waals surface area (Å²) in [5.41, 5.74) is 2.32. The van der Waals surface area contributed by atoms with Gasteiger partial charge in [0.25, 0.3) is 0 Å². The minimum Gasteiger partial charge on any atom is -0.490 e. The Morgan fingerprint density at radius 3 is 2.71 bits per heavy atom. The van der Waals surface area contributed by atoms with E-state index in [0.717, 1.165) is 42.9 Å². The van der Waals surface area contributed by atoms with Crippen molar-refractivity contribution in [3.8, 4) is 11.5 Å². The minimum atomic E-state index is 0.00722. The molecule has 2 aromatic carbocycles. The van der Waals surface area contributed by atoms with E-state index in [9.17, 15) is 4.79 Å². The van der Waals surface area contributed by atoms with Crippen molar-refractivity contribution >= 4 is 5.91 Å². The lowest BCUT2D eigenvalue weighted by Crippen LogP contribution is -2.38. The summed E-state index contributed by atoms with van der Waals surface area (Å²) in [5, 5.41) is 3.13. The van der Waals surface area contributed by atoms with Crippen LogP contribution in [0.25, 0.3) is 0 Å². The Morgan fingerprint density at radius 2 is 1.89 bits per heavy atom. The monoisotopic (exact) mass is 380 g/mol. The summed E-state index contributed by atoms with van der Waals surface area (Å²) in [5.74, 6) is 1.71. The van der Waals surface area contributed by atoms with Crippen LogP contribution in [0.1, 0.15) is 49.4 Å². The second-order valence-corrected chi connectivity index (χ2v) is 7.59. The Kier molecular flexibility index (Phi) is 5.81. The van der Waals surface area contributed by atoms with Gasteiger partial charge in [-0.15, -0.1) is 0 Å².